The van der Waals surface area contributed by atoms with Gasteiger partial charge in [0.15, 0.2) is 0 Å². The predicted octanol–water partition coefficient (Wildman–Crippen LogP) is 2.74. The molecule has 1 atom stereocenters. The maximum absolute atomic E-state index is 13.6. The highest BCUT2D eigenvalue weighted by atomic mass is 19.1. The Kier molecular flexibility index (Phi) is 5.51. The summed E-state index contributed by atoms with van der Waals surface area (Å²) < 4.78 is 19.1. The fourth-order valence-corrected chi connectivity index (χ4v) is 1.20. The van der Waals surface area contributed by atoms with E-state index in [1.165, 1.54) is 6.07 Å². The van der Waals surface area contributed by atoms with E-state index in [-0.39, 0.29) is 12.7 Å². The van der Waals surface area contributed by atoms with Crippen molar-refractivity contribution in [1.82, 2.24) is 0 Å². The number of hydrogen-bond acceptors (Lipinski definition) is 2. The maximum Gasteiger partial charge on any atom is 0.142 e. The highest BCUT2D eigenvalue weighted by molar-refractivity contribution is 5.39. The lowest BCUT2D eigenvalue weighted by Crippen LogP contribution is -2.09. The first-order valence-electron chi connectivity index (χ1n) is 5.73. The van der Waals surface area contributed by atoms with Crippen molar-refractivity contribution in [2.75, 3.05) is 6.61 Å². The zero-order valence-corrected chi connectivity index (χ0v) is 10.2. The van der Waals surface area contributed by atoms with E-state index in [4.69, 9.17) is 9.84 Å². The third-order valence-electron chi connectivity index (χ3n) is 2.31. The summed E-state index contributed by atoms with van der Waals surface area (Å²) in [5, 5.41) is 8.57. The van der Waals surface area contributed by atoms with Crippen LogP contribution in [0, 0.1) is 17.7 Å². The molecule has 0 bridgehead atoms. The van der Waals surface area contributed by atoms with Gasteiger partial charge in [-0.2, -0.15) is 0 Å². The van der Waals surface area contributed by atoms with Crippen LogP contribution in [0.4, 0.5) is 4.39 Å². The van der Waals surface area contributed by atoms with Crippen molar-refractivity contribution >= 4 is 0 Å². The molecular formula is C14H17FO2. The largest absolute Gasteiger partial charge is 0.491 e. The van der Waals surface area contributed by atoms with Gasteiger partial charge in [-0.25, -0.2) is 4.39 Å². The summed E-state index contributed by atoms with van der Waals surface area (Å²) in [6.07, 6.45) is 1.30. The molecule has 2 nitrogen and oxygen atoms in total. The zero-order valence-electron chi connectivity index (χ0n) is 10.2. The maximum atomic E-state index is 13.6. The molecule has 1 aromatic rings. The Morgan fingerprint density at radius 1 is 1.47 bits per heavy atom. The summed E-state index contributed by atoms with van der Waals surface area (Å²) in [4.78, 5) is 0. The topological polar surface area (TPSA) is 29.5 Å². The van der Waals surface area contributed by atoms with E-state index in [2.05, 4.69) is 11.8 Å². The molecule has 0 aliphatic heterocycles. The number of aliphatic hydroxyl groups is 1. The van der Waals surface area contributed by atoms with Crippen molar-refractivity contribution in [1.29, 1.82) is 0 Å². The second kappa shape index (κ2) is 6.93. The number of aliphatic hydroxyl groups excluding tert-OH is 1. The average molecular weight is 236 g/mol. The lowest BCUT2D eigenvalue weighted by molar-refractivity contribution is 0.216. The fraction of sp³-hybridized carbons (Fsp3) is 0.429. The summed E-state index contributed by atoms with van der Waals surface area (Å²) in [5.74, 6) is 5.48. The summed E-state index contributed by atoms with van der Waals surface area (Å²) in [7, 11) is 0. The van der Waals surface area contributed by atoms with Crippen molar-refractivity contribution in [2.24, 2.45) is 0 Å². The molecule has 0 radical (unpaired) electrons. The van der Waals surface area contributed by atoms with Gasteiger partial charge in [0.1, 0.15) is 11.6 Å². The normalized spacial score (nSPS) is 11.5. The van der Waals surface area contributed by atoms with Gasteiger partial charge in [-0.05, 0) is 25.5 Å². The molecule has 1 N–H and O–H groups in total. The van der Waals surface area contributed by atoms with Gasteiger partial charge in [0.2, 0.25) is 0 Å². The molecule has 17 heavy (non-hydrogen) atoms. The van der Waals surface area contributed by atoms with Crippen LogP contribution < -0.4 is 4.74 Å². The van der Waals surface area contributed by atoms with Crippen molar-refractivity contribution < 1.29 is 14.2 Å². The standard InChI is InChI=1S/C14H17FO2/c1-3-11(2)17-13-8-7-12(14(15)10-13)6-4-5-9-16/h7-8,10-11,16H,3,5,9H2,1-2H3. The number of rotatable bonds is 4. The first-order valence-corrected chi connectivity index (χ1v) is 5.73. The van der Waals surface area contributed by atoms with Crippen LogP contribution in [0.25, 0.3) is 0 Å². The molecule has 1 aromatic carbocycles. The third-order valence-corrected chi connectivity index (χ3v) is 2.31. The van der Waals surface area contributed by atoms with E-state index in [0.717, 1.165) is 6.42 Å². The molecule has 0 heterocycles. The molecule has 0 amide bonds. The minimum absolute atomic E-state index is 0.0101. The smallest absolute Gasteiger partial charge is 0.142 e. The van der Waals surface area contributed by atoms with Crippen molar-refractivity contribution in [3.63, 3.8) is 0 Å². The first-order chi connectivity index (χ1) is 8.17. The summed E-state index contributed by atoms with van der Waals surface area (Å²) in [6.45, 7) is 3.94. The predicted molar refractivity (Wildman–Crippen MR) is 65.4 cm³/mol. The van der Waals surface area contributed by atoms with Crippen LogP contribution in [0.1, 0.15) is 32.3 Å². The molecule has 0 aliphatic rings. The highest BCUT2D eigenvalue weighted by Gasteiger charge is 2.05. The molecule has 0 saturated carbocycles. The Bertz CT molecular complexity index is 418. The van der Waals surface area contributed by atoms with Crippen LogP contribution in [0.2, 0.25) is 0 Å². The van der Waals surface area contributed by atoms with Crippen LogP contribution in [0.15, 0.2) is 18.2 Å². The SMILES string of the molecule is CCC(C)Oc1ccc(C#CCCO)c(F)c1. The van der Waals surface area contributed by atoms with Gasteiger partial charge in [-0.1, -0.05) is 18.8 Å². The molecule has 0 spiro atoms. The van der Waals surface area contributed by atoms with E-state index in [1.807, 2.05) is 13.8 Å². The number of hydrogen-bond donors (Lipinski definition) is 1. The molecule has 1 unspecified atom stereocenters. The molecule has 0 aliphatic carbocycles. The Morgan fingerprint density at radius 3 is 2.82 bits per heavy atom. The summed E-state index contributed by atoms with van der Waals surface area (Å²) in [6, 6.07) is 4.64. The van der Waals surface area contributed by atoms with Gasteiger partial charge in [0, 0.05) is 12.5 Å². The minimum atomic E-state index is -0.392. The second-order valence-electron chi connectivity index (χ2n) is 3.75. The van der Waals surface area contributed by atoms with Gasteiger partial charge in [0.25, 0.3) is 0 Å². The van der Waals surface area contributed by atoms with Gasteiger partial charge >= 0.3 is 0 Å². The quantitative estimate of drug-likeness (QED) is 0.814. The zero-order chi connectivity index (χ0) is 12.7. The van der Waals surface area contributed by atoms with E-state index in [0.29, 0.717) is 17.7 Å². The second-order valence-corrected chi connectivity index (χ2v) is 3.75. The summed E-state index contributed by atoms with van der Waals surface area (Å²) in [5.41, 5.74) is 0.329. The fourth-order valence-electron chi connectivity index (χ4n) is 1.20. The van der Waals surface area contributed by atoms with E-state index in [9.17, 15) is 4.39 Å². The van der Waals surface area contributed by atoms with Gasteiger partial charge in [0.05, 0.1) is 18.3 Å². The van der Waals surface area contributed by atoms with Crippen LogP contribution in [0.3, 0.4) is 0 Å². The number of ether oxygens (including phenoxy) is 1. The molecule has 0 saturated heterocycles. The molecule has 0 fully saturated rings. The van der Waals surface area contributed by atoms with Crippen LogP contribution in [0.5, 0.6) is 5.75 Å². The van der Waals surface area contributed by atoms with Crippen LogP contribution in [-0.2, 0) is 0 Å². The Balaban J connectivity index is 2.76. The Hall–Kier alpha value is -1.53. The van der Waals surface area contributed by atoms with E-state index >= 15 is 0 Å². The molecule has 1 rings (SSSR count). The third kappa shape index (κ3) is 4.46. The lowest BCUT2D eigenvalue weighted by atomic mass is 10.2. The van der Waals surface area contributed by atoms with Gasteiger partial charge < -0.3 is 9.84 Å². The first kappa shape index (κ1) is 13.5. The Labute approximate surface area is 101 Å². The lowest BCUT2D eigenvalue weighted by Gasteiger charge is -2.12. The van der Waals surface area contributed by atoms with Crippen LogP contribution >= 0.6 is 0 Å². The summed E-state index contributed by atoms with van der Waals surface area (Å²) >= 11 is 0. The number of halogens is 1. The highest BCUT2D eigenvalue weighted by Crippen LogP contribution is 2.18. The molecule has 92 valence electrons. The minimum Gasteiger partial charge on any atom is -0.491 e. The van der Waals surface area contributed by atoms with Crippen molar-refractivity contribution in [3.8, 4) is 17.6 Å². The van der Waals surface area contributed by atoms with Crippen LogP contribution in [-0.4, -0.2) is 17.8 Å². The van der Waals surface area contributed by atoms with Crippen molar-refractivity contribution in [3.05, 3.63) is 29.6 Å². The van der Waals surface area contributed by atoms with Gasteiger partial charge in [-0.3, -0.25) is 0 Å². The molecule has 3 heteroatoms. The number of benzene rings is 1. The van der Waals surface area contributed by atoms with E-state index in [1.54, 1.807) is 12.1 Å². The van der Waals surface area contributed by atoms with E-state index < -0.39 is 5.82 Å². The van der Waals surface area contributed by atoms with Crippen molar-refractivity contribution in [2.45, 2.75) is 32.8 Å². The molecule has 0 aromatic heterocycles. The average Bonchev–Trinajstić information content (AvgIpc) is 2.32. The Morgan fingerprint density at radius 2 is 2.24 bits per heavy atom. The van der Waals surface area contributed by atoms with Gasteiger partial charge in [-0.15, -0.1) is 0 Å². The molecular weight excluding hydrogens is 219 g/mol. The monoisotopic (exact) mass is 236 g/mol.